The molecule has 16 heavy (non-hydrogen) atoms. The first-order chi connectivity index (χ1) is 7.68. The van der Waals surface area contributed by atoms with E-state index in [1.807, 2.05) is 18.2 Å². The number of nitrogens with zero attached hydrogens (tertiary/aromatic N) is 1. The molecule has 2 rings (SSSR count). The maximum absolute atomic E-state index is 11.5. The van der Waals surface area contributed by atoms with Gasteiger partial charge in [0.1, 0.15) is 6.61 Å². The fourth-order valence-electron chi connectivity index (χ4n) is 1.64. The van der Waals surface area contributed by atoms with Gasteiger partial charge in [0.25, 0.3) is 0 Å². The van der Waals surface area contributed by atoms with Crippen LogP contribution < -0.4 is 5.73 Å². The molecule has 0 saturated carbocycles. The first-order valence-corrected chi connectivity index (χ1v) is 5.86. The van der Waals surface area contributed by atoms with Crippen molar-refractivity contribution in [1.29, 1.82) is 0 Å². The van der Waals surface area contributed by atoms with Crippen LogP contribution in [0.25, 0.3) is 0 Å². The molecule has 0 radical (unpaired) electrons. The topological polar surface area (TPSA) is 55.6 Å². The zero-order chi connectivity index (χ0) is 11.5. The van der Waals surface area contributed by atoms with Crippen molar-refractivity contribution in [2.45, 2.75) is 6.54 Å². The number of carbonyl (C=O) groups is 1. The molecule has 1 aliphatic heterocycles. The predicted molar refractivity (Wildman–Crippen MR) is 64.8 cm³/mol. The number of anilines is 1. The molecular formula is C11H13BrN2O2. The zero-order valence-electron chi connectivity index (χ0n) is 8.78. The molecule has 5 heteroatoms. The maximum Gasteiger partial charge on any atom is 0.248 e. The molecule has 0 unspecified atom stereocenters. The van der Waals surface area contributed by atoms with Gasteiger partial charge in [0.2, 0.25) is 5.91 Å². The Bertz CT molecular complexity index is 409. The molecule has 4 nitrogen and oxygen atoms in total. The molecule has 1 amide bonds. The summed E-state index contributed by atoms with van der Waals surface area (Å²) in [6.45, 7) is 2.00. The van der Waals surface area contributed by atoms with Crippen LogP contribution >= 0.6 is 15.9 Å². The van der Waals surface area contributed by atoms with Gasteiger partial charge in [0.15, 0.2) is 0 Å². The highest BCUT2D eigenvalue weighted by Crippen LogP contribution is 2.25. The molecule has 0 atom stereocenters. The van der Waals surface area contributed by atoms with E-state index >= 15 is 0 Å². The largest absolute Gasteiger partial charge is 0.398 e. The summed E-state index contributed by atoms with van der Waals surface area (Å²) < 4.78 is 5.95. The summed E-state index contributed by atoms with van der Waals surface area (Å²) in [7, 11) is 0. The van der Waals surface area contributed by atoms with E-state index in [-0.39, 0.29) is 12.5 Å². The van der Waals surface area contributed by atoms with E-state index in [9.17, 15) is 4.79 Å². The highest BCUT2D eigenvalue weighted by Gasteiger charge is 2.19. The van der Waals surface area contributed by atoms with Crippen molar-refractivity contribution >= 4 is 27.5 Å². The number of hydrogen-bond acceptors (Lipinski definition) is 3. The smallest absolute Gasteiger partial charge is 0.248 e. The standard InChI is InChI=1S/C11H13BrN2O2/c12-11-8(2-1-3-9(11)13)6-14-4-5-16-7-10(14)15/h1-3H,4-7,13H2. The molecule has 1 fully saturated rings. The molecule has 0 aliphatic carbocycles. The Kier molecular flexibility index (Phi) is 3.46. The summed E-state index contributed by atoms with van der Waals surface area (Å²) in [5.41, 5.74) is 7.50. The zero-order valence-corrected chi connectivity index (χ0v) is 10.4. The summed E-state index contributed by atoms with van der Waals surface area (Å²) in [6.07, 6.45) is 0. The highest BCUT2D eigenvalue weighted by atomic mass is 79.9. The monoisotopic (exact) mass is 284 g/mol. The summed E-state index contributed by atoms with van der Waals surface area (Å²) in [6, 6.07) is 5.68. The van der Waals surface area contributed by atoms with Crippen LogP contribution in [-0.4, -0.2) is 30.6 Å². The second kappa shape index (κ2) is 4.84. The quantitative estimate of drug-likeness (QED) is 0.835. The van der Waals surface area contributed by atoms with Crippen LogP contribution in [0.4, 0.5) is 5.69 Å². The minimum Gasteiger partial charge on any atom is -0.398 e. The Morgan fingerprint density at radius 1 is 1.50 bits per heavy atom. The Morgan fingerprint density at radius 3 is 3.06 bits per heavy atom. The summed E-state index contributed by atoms with van der Waals surface area (Å²) in [5, 5.41) is 0. The minimum atomic E-state index is 0.0283. The summed E-state index contributed by atoms with van der Waals surface area (Å²) in [4.78, 5) is 13.3. The molecule has 0 aromatic heterocycles. The van der Waals surface area contributed by atoms with Gasteiger partial charge in [0.05, 0.1) is 6.61 Å². The van der Waals surface area contributed by atoms with Crippen molar-refractivity contribution < 1.29 is 9.53 Å². The van der Waals surface area contributed by atoms with Crippen LogP contribution in [0.15, 0.2) is 22.7 Å². The van der Waals surface area contributed by atoms with E-state index in [0.29, 0.717) is 25.4 Å². The normalized spacial score (nSPS) is 16.6. The van der Waals surface area contributed by atoms with Gasteiger partial charge in [-0.05, 0) is 27.6 Å². The molecule has 1 saturated heterocycles. The lowest BCUT2D eigenvalue weighted by Gasteiger charge is -2.27. The lowest BCUT2D eigenvalue weighted by Crippen LogP contribution is -2.41. The Balaban J connectivity index is 2.14. The summed E-state index contributed by atoms with van der Waals surface area (Å²) in [5.74, 6) is 0.0283. The van der Waals surface area contributed by atoms with Gasteiger partial charge in [0, 0.05) is 23.2 Å². The van der Waals surface area contributed by atoms with E-state index in [0.717, 1.165) is 10.0 Å². The van der Waals surface area contributed by atoms with Gasteiger partial charge in [-0.2, -0.15) is 0 Å². The minimum absolute atomic E-state index is 0.0283. The van der Waals surface area contributed by atoms with Crippen molar-refractivity contribution in [3.63, 3.8) is 0 Å². The van der Waals surface area contributed by atoms with Crippen LogP contribution in [0.2, 0.25) is 0 Å². The number of ether oxygens (including phenoxy) is 1. The molecule has 1 aromatic rings. The molecular weight excluding hydrogens is 272 g/mol. The number of amides is 1. The molecule has 86 valence electrons. The Labute approximate surface area is 102 Å². The third kappa shape index (κ3) is 2.36. The Hall–Kier alpha value is -1.07. The highest BCUT2D eigenvalue weighted by molar-refractivity contribution is 9.10. The number of hydrogen-bond donors (Lipinski definition) is 1. The number of nitrogen functional groups attached to an aromatic ring is 1. The molecule has 1 aromatic carbocycles. The fraction of sp³-hybridized carbons (Fsp3) is 0.364. The maximum atomic E-state index is 11.5. The lowest BCUT2D eigenvalue weighted by molar-refractivity contribution is -0.143. The number of halogens is 1. The molecule has 1 aliphatic rings. The van der Waals surface area contributed by atoms with Crippen LogP contribution in [-0.2, 0) is 16.1 Å². The third-order valence-corrected chi connectivity index (χ3v) is 3.52. The first-order valence-electron chi connectivity index (χ1n) is 5.07. The van der Waals surface area contributed by atoms with Crippen molar-refractivity contribution in [3.05, 3.63) is 28.2 Å². The number of rotatable bonds is 2. The van der Waals surface area contributed by atoms with Crippen LogP contribution in [0.5, 0.6) is 0 Å². The SMILES string of the molecule is Nc1cccc(CN2CCOCC2=O)c1Br. The first kappa shape index (κ1) is 11.4. The van der Waals surface area contributed by atoms with Crippen molar-refractivity contribution in [2.75, 3.05) is 25.5 Å². The van der Waals surface area contributed by atoms with E-state index in [4.69, 9.17) is 10.5 Å². The van der Waals surface area contributed by atoms with Crippen molar-refractivity contribution in [3.8, 4) is 0 Å². The number of carbonyl (C=O) groups excluding carboxylic acids is 1. The van der Waals surface area contributed by atoms with Crippen LogP contribution in [0, 0.1) is 0 Å². The Morgan fingerprint density at radius 2 is 2.31 bits per heavy atom. The van der Waals surface area contributed by atoms with Gasteiger partial charge >= 0.3 is 0 Å². The average molecular weight is 285 g/mol. The lowest BCUT2D eigenvalue weighted by atomic mass is 10.2. The van der Waals surface area contributed by atoms with E-state index in [2.05, 4.69) is 15.9 Å². The number of benzene rings is 1. The van der Waals surface area contributed by atoms with Gasteiger partial charge in [-0.15, -0.1) is 0 Å². The fourth-order valence-corrected chi connectivity index (χ4v) is 2.03. The predicted octanol–water partition coefficient (Wildman–Crippen LogP) is 1.39. The number of morpholine rings is 1. The van der Waals surface area contributed by atoms with Gasteiger partial charge < -0.3 is 15.4 Å². The molecule has 0 spiro atoms. The second-order valence-corrected chi connectivity index (χ2v) is 4.48. The van der Waals surface area contributed by atoms with Gasteiger partial charge in [-0.1, -0.05) is 12.1 Å². The third-order valence-electron chi connectivity index (χ3n) is 2.55. The average Bonchev–Trinajstić information content (AvgIpc) is 2.28. The van der Waals surface area contributed by atoms with E-state index < -0.39 is 0 Å². The number of nitrogens with two attached hydrogens (primary N) is 1. The van der Waals surface area contributed by atoms with Crippen molar-refractivity contribution in [1.82, 2.24) is 4.90 Å². The second-order valence-electron chi connectivity index (χ2n) is 3.69. The molecule has 0 bridgehead atoms. The van der Waals surface area contributed by atoms with Crippen molar-refractivity contribution in [2.24, 2.45) is 0 Å². The van der Waals surface area contributed by atoms with Crippen LogP contribution in [0.3, 0.4) is 0 Å². The van der Waals surface area contributed by atoms with Gasteiger partial charge in [-0.3, -0.25) is 4.79 Å². The van der Waals surface area contributed by atoms with E-state index in [1.54, 1.807) is 4.90 Å². The molecule has 2 N–H and O–H groups in total. The summed E-state index contributed by atoms with van der Waals surface area (Å²) >= 11 is 3.43. The molecule has 1 heterocycles. The van der Waals surface area contributed by atoms with Crippen LogP contribution in [0.1, 0.15) is 5.56 Å². The van der Waals surface area contributed by atoms with E-state index in [1.165, 1.54) is 0 Å². The van der Waals surface area contributed by atoms with Gasteiger partial charge in [-0.25, -0.2) is 0 Å².